The van der Waals surface area contributed by atoms with Crippen molar-refractivity contribution >= 4 is 16.8 Å². The highest BCUT2D eigenvalue weighted by molar-refractivity contribution is 5.86. The monoisotopic (exact) mass is 312 g/mol. The molecule has 1 aromatic heterocycles. The van der Waals surface area contributed by atoms with E-state index in [0.717, 1.165) is 32.4 Å². The molecule has 0 spiro atoms. The van der Waals surface area contributed by atoms with Gasteiger partial charge < -0.3 is 14.6 Å². The summed E-state index contributed by atoms with van der Waals surface area (Å²) in [6.07, 6.45) is 2.59. The third-order valence-electron chi connectivity index (χ3n) is 5.24. The first-order chi connectivity index (χ1) is 11.0. The van der Waals surface area contributed by atoms with E-state index < -0.39 is 0 Å². The van der Waals surface area contributed by atoms with Gasteiger partial charge in [0, 0.05) is 54.2 Å². The van der Waals surface area contributed by atoms with Crippen molar-refractivity contribution in [1.82, 2.24) is 9.88 Å². The number of rotatable bonds is 1. The fraction of sp³-hybridized carbons (Fsp3) is 0.526. The van der Waals surface area contributed by atoms with Crippen LogP contribution in [0, 0.1) is 5.92 Å². The van der Waals surface area contributed by atoms with Gasteiger partial charge in [-0.15, -0.1) is 0 Å². The molecule has 4 nitrogen and oxygen atoms in total. The van der Waals surface area contributed by atoms with E-state index in [1.807, 2.05) is 0 Å². The molecule has 0 saturated carbocycles. The second-order valence-electron chi connectivity index (χ2n) is 7.44. The average Bonchev–Trinajstić information content (AvgIpc) is 2.91. The summed E-state index contributed by atoms with van der Waals surface area (Å²) in [6, 6.07) is 8.38. The molecule has 2 aromatic rings. The lowest BCUT2D eigenvalue weighted by molar-refractivity contribution is -0.146. The van der Waals surface area contributed by atoms with Crippen LogP contribution in [0.3, 0.4) is 0 Å². The second-order valence-corrected chi connectivity index (χ2v) is 7.44. The van der Waals surface area contributed by atoms with Gasteiger partial charge in [0.05, 0.1) is 5.60 Å². The molecule has 1 N–H and O–H groups in total. The quantitative estimate of drug-likeness (QED) is 0.878. The molecule has 1 aromatic carbocycles. The molecule has 1 fully saturated rings. The predicted octanol–water partition coefficient (Wildman–Crippen LogP) is 3.26. The maximum atomic E-state index is 13.0. The van der Waals surface area contributed by atoms with Crippen molar-refractivity contribution in [1.29, 1.82) is 0 Å². The van der Waals surface area contributed by atoms with Crippen molar-refractivity contribution in [3.63, 3.8) is 0 Å². The molecule has 0 radical (unpaired) electrons. The minimum atomic E-state index is -0.180. The Morgan fingerprint density at radius 2 is 2.17 bits per heavy atom. The molecular formula is C19H24N2O2. The van der Waals surface area contributed by atoms with E-state index >= 15 is 0 Å². The normalized spacial score (nSPS) is 23.7. The molecule has 4 rings (SSSR count). The van der Waals surface area contributed by atoms with Crippen molar-refractivity contribution in [2.75, 3.05) is 13.2 Å². The van der Waals surface area contributed by atoms with Crippen LogP contribution in [0.15, 0.2) is 24.3 Å². The third-order valence-corrected chi connectivity index (χ3v) is 5.24. The Labute approximate surface area is 136 Å². The fourth-order valence-electron chi connectivity index (χ4n) is 4.06. The third kappa shape index (κ3) is 2.65. The molecule has 1 amide bonds. The summed E-state index contributed by atoms with van der Waals surface area (Å²) >= 11 is 0. The number of benzene rings is 1. The number of carbonyl (C=O) groups excluding carboxylic acids is 1. The molecule has 23 heavy (non-hydrogen) atoms. The van der Waals surface area contributed by atoms with Crippen LogP contribution in [0.1, 0.15) is 37.9 Å². The molecule has 1 atom stereocenters. The lowest BCUT2D eigenvalue weighted by atomic mass is 9.87. The molecule has 0 aliphatic carbocycles. The summed E-state index contributed by atoms with van der Waals surface area (Å²) in [5.74, 6) is 0.405. The zero-order chi connectivity index (χ0) is 16.0. The van der Waals surface area contributed by atoms with Gasteiger partial charge >= 0.3 is 0 Å². The van der Waals surface area contributed by atoms with Crippen LogP contribution in [-0.4, -0.2) is 34.5 Å². The van der Waals surface area contributed by atoms with E-state index in [2.05, 4.69) is 48.0 Å². The van der Waals surface area contributed by atoms with Crippen molar-refractivity contribution in [2.24, 2.45) is 5.92 Å². The smallest absolute Gasteiger partial charge is 0.226 e. The highest BCUT2D eigenvalue weighted by atomic mass is 16.5. The van der Waals surface area contributed by atoms with Crippen LogP contribution < -0.4 is 0 Å². The number of nitrogens with zero attached hydrogens (tertiary/aromatic N) is 1. The summed E-state index contributed by atoms with van der Waals surface area (Å²) < 4.78 is 5.76. The molecule has 1 saturated heterocycles. The first-order valence-electron chi connectivity index (χ1n) is 8.55. The van der Waals surface area contributed by atoms with Gasteiger partial charge in [0.2, 0.25) is 5.91 Å². The van der Waals surface area contributed by atoms with Gasteiger partial charge in [0.25, 0.3) is 0 Å². The highest BCUT2D eigenvalue weighted by Gasteiger charge is 2.36. The van der Waals surface area contributed by atoms with E-state index in [-0.39, 0.29) is 11.5 Å². The zero-order valence-corrected chi connectivity index (χ0v) is 13.9. The number of amides is 1. The Kier molecular flexibility index (Phi) is 3.45. The maximum absolute atomic E-state index is 13.0. The summed E-state index contributed by atoms with van der Waals surface area (Å²) in [5.41, 5.74) is 3.59. The van der Waals surface area contributed by atoms with Crippen molar-refractivity contribution in [2.45, 2.75) is 45.3 Å². The summed E-state index contributed by atoms with van der Waals surface area (Å²) in [4.78, 5) is 18.5. The Morgan fingerprint density at radius 3 is 3.00 bits per heavy atom. The van der Waals surface area contributed by atoms with Gasteiger partial charge in [0.1, 0.15) is 0 Å². The largest absolute Gasteiger partial charge is 0.376 e. The minimum absolute atomic E-state index is 0.102. The van der Waals surface area contributed by atoms with Gasteiger partial charge in [-0.05, 0) is 32.8 Å². The fourth-order valence-corrected chi connectivity index (χ4v) is 4.06. The molecule has 122 valence electrons. The minimum Gasteiger partial charge on any atom is -0.376 e. The number of hydrogen-bond acceptors (Lipinski definition) is 2. The Bertz CT molecular complexity index is 747. The van der Waals surface area contributed by atoms with Crippen LogP contribution in [-0.2, 0) is 22.5 Å². The summed E-state index contributed by atoms with van der Waals surface area (Å²) in [5, 5.41) is 1.26. The van der Waals surface area contributed by atoms with Crippen molar-refractivity contribution in [3.05, 3.63) is 35.5 Å². The zero-order valence-electron chi connectivity index (χ0n) is 13.9. The number of aromatic nitrogens is 1. The highest BCUT2D eigenvalue weighted by Crippen LogP contribution is 2.32. The van der Waals surface area contributed by atoms with Gasteiger partial charge in [0.15, 0.2) is 0 Å². The molecule has 1 unspecified atom stereocenters. The topological polar surface area (TPSA) is 45.3 Å². The van der Waals surface area contributed by atoms with Crippen LogP contribution in [0.25, 0.3) is 10.9 Å². The lowest BCUT2D eigenvalue weighted by Gasteiger charge is -2.38. The maximum Gasteiger partial charge on any atom is 0.226 e. The van der Waals surface area contributed by atoms with E-state index in [4.69, 9.17) is 4.74 Å². The van der Waals surface area contributed by atoms with E-state index in [1.165, 1.54) is 22.2 Å². The average molecular weight is 312 g/mol. The molecule has 0 bridgehead atoms. The Balaban J connectivity index is 1.56. The molecule has 4 heteroatoms. The Hall–Kier alpha value is -1.81. The van der Waals surface area contributed by atoms with Gasteiger partial charge in [-0.3, -0.25) is 4.79 Å². The second kappa shape index (κ2) is 5.38. The van der Waals surface area contributed by atoms with E-state index in [0.29, 0.717) is 12.5 Å². The van der Waals surface area contributed by atoms with Crippen molar-refractivity contribution < 1.29 is 9.53 Å². The number of H-pyrrole nitrogens is 1. The summed E-state index contributed by atoms with van der Waals surface area (Å²) in [7, 11) is 0. The molecule has 2 aliphatic rings. The number of nitrogens with one attached hydrogen (secondary N) is 1. The molecular weight excluding hydrogens is 288 g/mol. The molecule has 2 aliphatic heterocycles. The number of para-hydroxylation sites is 1. The van der Waals surface area contributed by atoms with Gasteiger partial charge in [-0.25, -0.2) is 0 Å². The number of hydrogen-bond donors (Lipinski definition) is 1. The summed E-state index contributed by atoms with van der Waals surface area (Å²) in [6.45, 7) is 6.41. The molecule has 3 heterocycles. The first-order valence-corrected chi connectivity index (χ1v) is 8.55. The van der Waals surface area contributed by atoms with Crippen LogP contribution in [0.5, 0.6) is 0 Å². The number of aromatic amines is 1. The number of fused-ring (bicyclic) bond motifs is 3. The SMILES string of the molecule is CC1(C)CC(C(=O)N2CCc3[nH]c4ccccc4c3C2)CCO1. The van der Waals surface area contributed by atoms with E-state index in [1.54, 1.807) is 0 Å². The van der Waals surface area contributed by atoms with Crippen molar-refractivity contribution in [3.8, 4) is 0 Å². The number of ether oxygens (including phenoxy) is 1. The van der Waals surface area contributed by atoms with Gasteiger partial charge in [-0.2, -0.15) is 0 Å². The van der Waals surface area contributed by atoms with E-state index in [9.17, 15) is 4.79 Å². The van der Waals surface area contributed by atoms with Crippen LogP contribution in [0.2, 0.25) is 0 Å². The number of carbonyl (C=O) groups is 1. The van der Waals surface area contributed by atoms with Crippen LogP contribution in [0.4, 0.5) is 0 Å². The Morgan fingerprint density at radius 1 is 1.35 bits per heavy atom. The predicted molar refractivity (Wildman–Crippen MR) is 90.2 cm³/mol. The van der Waals surface area contributed by atoms with Gasteiger partial charge in [-0.1, -0.05) is 18.2 Å². The van der Waals surface area contributed by atoms with Crippen LogP contribution >= 0.6 is 0 Å². The lowest BCUT2D eigenvalue weighted by Crippen LogP contribution is -2.45. The first kappa shape index (κ1) is 14.8. The standard InChI is InChI=1S/C19H24N2O2/c1-19(2)11-13(8-10-23-19)18(22)21-9-7-17-15(12-21)14-5-3-4-6-16(14)20-17/h3-6,13,20H,7-12H2,1-2H3.